The lowest BCUT2D eigenvalue weighted by molar-refractivity contribution is -0.117. The zero-order valence-electron chi connectivity index (χ0n) is 15.4. The Morgan fingerprint density at radius 3 is 1.86 bits per heavy atom. The molecule has 0 aliphatic carbocycles. The van der Waals surface area contributed by atoms with Crippen molar-refractivity contribution in [3.8, 4) is 0 Å². The van der Waals surface area contributed by atoms with E-state index in [-0.39, 0.29) is 5.91 Å². The number of amides is 1. The normalized spacial score (nSPS) is 11.7. The summed E-state index contributed by atoms with van der Waals surface area (Å²) in [5.74, 6) is 0.125. The molecule has 0 spiro atoms. The lowest BCUT2D eigenvalue weighted by Gasteiger charge is -2.06. The highest BCUT2D eigenvalue weighted by atomic mass is 16.1. The molecule has 0 aliphatic heterocycles. The summed E-state index contributed by atoms with van der Waals surface area (Å²) >= 11 is 0. The number of rotatable bonds is 15. The van der Waals surface area contributed by atoms with Gasteiger partial charge in [0.15, 0.2) is 0 Å². The van der Waals surface area contributed by atoms with Crippen molar-refractivity contribution in [2.45, 2.75) is 104 Å². The van der Waals surface area contributed by atoms with Crippen LogP contribution in [0.1, 0.15) is 104 Å². The van der Waals surface area contributed by atoms with Crippen molar-refractivity contribution in [1.29, 1.82) is 0 Å². The Morgan fingerprint density at radius 1 is 0.773 bits per heavy atom. The van der Waals surface area contributed by atoms with Gasteiger partial charge in [-0.2, -0.15) is 0 Å². The molecule has 0 aliphatic rings. The summed E-state index contributed by atoms with van der Waals surface area (Å²) in [7, 11) is 0. The first-order chi connectivity index (χ1) is 10.7. The summed E-state index contributed by atoms with van der Waals surface area (Å²) in [5, 5.41) is 3.03. The number of unbranched alkanes of at least 4 members (excludes halogenated alkanes) is 11. The van der Waals surface area contributed by atoms with Crippen molar-refractivity contribution >= 4 is 5.91 Å². The maximum atomic E-state index is 11.9. The average molecular weight is 310 g/mol. The minimum atomic E-state index is 0.125. The second-order valence-corrected chi connectivity index (χ2v) is 6.47. The summed E-state index contributed by atoms with van der Waals surface area (Å²) in [6, 6.07) is 0. The Balaban J connectivity index is 3.50. The maximum Gasteiger partial charge on any atom is 0.246 e. The van der Waals surface area contributed by atoms with Crippen LogP contribution in [0, 0.1) is 0 Å². The number of allylic oxidation sites excluding steroid dienone is 1. The van der Waals surface area contributed by atoms with E-state index in [2.05, 4.69) is 25.2 Å². The minimum absolute atomic E-state index is 0.125. The molecule has 0 atom stereocenters. The third-order valence-electron chi connectivity index (χ3n) is 4.18. The predicted molar refractivity (Wildman–Crippen MR) is 98.1 cm³/mol. The van der Waals surface area contributed by atoms with Gasteiger partial charge in [-0.1, -0.05) is 84.1 Å². The largest absolute Gasteiger partial charge is 0.352 e. The molecule has 0 radical (unpaired) electrons. The summed E-state index contributed by atoms with van der Waals surface area (Å²) < 4.78 is 0. The highest BCUT2D eigenvalue weighted by Crippen LogP contribution is 2.08. The summed E-state index contributed by atoms with van der Waals surface area (Å²) in [6.07, 6.45) is 18.6. The van der Waals surface area contributed by atoms with Crippen LogP contribution in [0.2, 0.25) is 0 Å². The molecule has 0 aromatic carbocycles. The van der Waals surface area contributed by atoms with E-state index in [4.69, 9.17) is 0 Å². The first kappa shape index (κ1) is 21.2. The van der Waals surface area contributed by atoms with Crippen LogP contribution in [0.3, 0.4) is 0 Å². The standard InChI is InChI=1S/C20H39NO/c1-4-6-8-10-12-13-15-17-19(3)20(22)21-18-16-14-11-9-7-5-2/h17H,4-16,18H2,1-3H3,(H,21,22)/b19-17+. The SMILES string of the molecule is CCCCCCCC/C=C(\C)C(=O)NCCCCCCCC. The molecule has 22 heavy (non-hydrogen) atoms. The van der Waals surface area contributed by atoms with Crippen LogP contribution in [0.4, 0.5) is 0 Å². The lowest BCUT2D eigenvalue weighted by atomic mass is 10.1. The van der Waals surface area contributed by atoms with Gasteiger partial charge in [-0.05, 0) is 26.2 Å². The lowest BCUT2D eigenvalue weighted by Crippen LogP contribution is -2.25. The topological polar surface area (TPSA) is 29.1 Å². The van der Waals surface area contributed by atoms with Gasteiger partial charge in [-0.3, -0.25) is 4.79 Å². The van der Waals surface area contributed by atoms with Gasteiger partial charge in [0, 0.05) is 12.1 Å². The third-order valence-corrected chi connectivity index (χ3v) is 4.18. The molecule has 2 nitrogen and oxygen atoms in total. The van der Waals surface area contributed by atoms with Gasteiger partial charge in [0.25, 0.3) is 0 Å². The molecule has 130 valence electrons. The summed E-state index contributed by atoms with van der Waals surface area (Å²) in [4.78, 5) is 11.9. The van der Waals surface area contributed by atoms with Crippen molar-refractivity contribution in [2.24, 2.45) is 0 Å². The molecule has 2 heteroatoms. The maximum absolute atomic E-state index is 11.9. The van der Waals surface area contributed by atoms with Crippen LogP contribution in [-0.4, -0.2) is 12.5 Å². The molecule has 0 aromatic heterocycles. The Hall–Kier alpha value is -0.790. The highest BCUT2D eigenvalue weighted by molar-refractivity contribution is 5.92. The van der Waals surface area contributed by atoms with E-state index in [1.807, 2.05) is 6.92 Å². The Bertz CT molecular complexity index is 283. The van der Waals surface area contributed by atoms with Crippen LogP contribution in [-0.2, 0) is 4.79 Å². The molecule has 0 fully saturated rings. The van der Waals surface area contributed by atoms with E-state index in [0.29, 0.717) is 0 Å². The number of carbonyl (C=O) groups excluding carboxylic acids is 1. The third kappa shape index (κ3) is 14.2. The van der Waals surface area contributed by atoms with Gasteiger partial charge in [-0.25, -0.2) is 0 Å². The Kier molecular flexibility index (Phi) is 16.0. The highest BCUT2D eigenvalue weighted by Gasteiger charge is 2.02. The fraction of sp³-hybridized carbons (Fsp3) is 0.850. The number of hydrogen-bond acceptors (Lipinski definition) is 1. The van der Waals surface area contributed by atoms with Gasteiger partial charge in [-0.15, -0.1) is 0 Å². The molecule has 0 rings (SSSR count). The monoisotopic (exact) mass is 309 g/mol. The van der Waals surface area contributed by atoms with Crippen molar-refractivity contribution in [2.75, 3.05) is 6.54 Å². The molecule has 0 aromatic rings. The van der Waals surface area contributed by atoms with Crippen molar-refractivity contribution in [3.63, 3.8) is 0 Å². The molecule has 1 N–H and O–H groups in total. The first-order valence-electron chi connectivity index (χ1n) is 9.67. The van der Waals surface area contributed by atoms with Crippen molar-refractivity contribution in [1.82, 2.24) is 5.32 Å². The van der Waals surface area contributed by atoms with E-state index in [1.165, 1.54) is 70.6 Å². The smallest absolute Gasteiger partial charge is 0.246 e. The molecule has 0 heterocycles. The van der Waals surface area contributed by atoms with Gasteiger partial charge < -0.3 is 5.32 Å². The molecule has 0 saturated carbocycles. The minimum Gasteiger partial charge on any atom is -0.352 e. The van der Waals surface area contributed by atoms with Crippen LogP contribution < -0.4 is 5.32 Å². The average Bonchev–Trinajstić information content (AvgIpc) is 2.52. The number of hydrogen-bond donors (Lipinski definition) is 1. The number of carbonyl (C=O) groups is 1. The van der Waals surface area contributed by atoms with E-state index in [0.717, 1.165) is 25.0 Å². The summed E-state index contributed by atoms with van der Waals surface area (Å²) in [5.41, 5.74) is 0.888. The van der Waals surface area contributed by atoms with E-state index < -0.39 is 0 Å². The predicted octanol–water partition coefficient (Wildman–Crippen LogP) is 6.16. The summed E-state index contributed by atoms with van der Waals surface area (Å²) in [6.45, 7) is 7.25. The number of nitrogens with one attached hydrogen (secondary N) is 1. The second-order valence-electron chi connectivity index (χ2n) is 6.47. The molecule has 0 saturated heterocycles. The first-order valence-corrected chi connectivity index (χ1v) is 9.67. The van der Waals surface area contributed by atoms with E-state index in [9.17, 15) is 4.79 Å². The van der Waals surface area contributed by atoms with Crippen LogP contribution in [0.5, 0.6) is 0 Å². The Morgan fingerprint density at radius 2 is 1.27 bits per heavy atom. The Labute approximate surface area is 139 Å². The van der Waals surface area contributed by atoms with Crippen LogP contribution >= 0.6 is 0 Å². The molecule has 0 bridgehead atoms. The van der Waals surface area contributed by atoms with Gasteiger partial charge in [0.1, 0.15) is 0 Å². The molecular weight excluding hydrogens is 270 g/mol. The van der Waals surface area contributed by atoms with Crippen molar-refractivity contribution < 1.29 is 4.79 Å². The molecular formula is C20H39NO. The van der Waals surface area contributed by atoms with E-state index in [1.54, 1.807) is 0 Å². The van der Waals surface area contributed by atoms with Crippen LogP contribution in [0.15, 0.2) is 11.6 Å². The van der Waals surface area contributed by atoms with Gasteiger partial charge in [0.05, 0.1) is 0 Å². The van der Waals surface area contributed by atoms with Gasteiger partial charge >= 0.3 is 0 Å². The van der Waals surface area contributed by atoms with Crippen molar-refractivity contribution in [3.05, 3.63) is 11.6 Å². The fourth-order valence-corrected chi connectivity index (χ4v) is 2.58. The fourth-order valence-electron chi connectivity index (χ4n) is 2.58. The van der Waals surface area contributed by atoms with Gasteiger partial charge in [0.2, 0.25) is 5.91 Å². The molecule has 1 amide bonds. The van der Waals surface area contributed by atoms with E-state index >= 15 is 0 Å². The van der Waals surface area contributed by atoms with Crippen LogP contribution in [0.25, 0.3) is 0 Å². The zero-order valence-corrected chi connectivity index (χ0v) is 15.4. The second kappa shape index (κ2) is 16.6. The quantitative estimate of drug-likeness (QED) is 0.285. The molecule has 0 unspecified atom stereocenters. The zero-order chi connectivity index (χ0) is 16.5.